The summed E-state index contributed by atoms with van der Waals surface area (Å²) in [4.78, 5) is 34.9. The summed E-state index contributed by atoms with van der Waals surface area (Å²) < 4.78 is 83.9. The summed E-state index contributed by atoms with van der Waals surface area (Å²) in [6, 6.07) is 6.92. The second-order valence-electron chi connectivity index (χ2n) is 8.52. The molecule has 24 nitrogen and oxygen atoms in total. The molecule has 0 aromatic heterocycles. The Hall–Kier alpha value is -2.61. The zero-order chi connectivity index (χ0) is 44.7. The fraction of sp³-hybridized carbons (Fsp3) is 0.462. The molecular formula is C26H50Co2N8O16S4. The van der Waals surface area contributed by atoms with Crippen molar-refractivity contribution in [1.29, 1.82) is 0 Å². The van der Waals surface area contributed by atoms with E-state index in [0.717, 1.165) is 24.3 Å². The van der Waals surface area contributed by atoms with Gasteiger partial charge in [-0.05, 0) is 35.0 Å². The van der Waals surface area contributed by atoms with E-state index in [-0.39, 0.29) is 33.6 Å². The van der Waals surface area contributed by atoms with Crippen molar-refractivity contribution < 1.29 is 108 Å². The third kappa shape index (κ3) is 69.3. The monoisotopic (exact) mass is 976 g/mol. The molecule has 0 radical (unpaired) electrons. The van der Waals surface area contributed by atoms with Gasteiger partial charge in [0.2, 0.25) is 0 Å². The van der Waals surface area contributed by atoms with Crippen LogP contribution in [0.15, 0.2) is 46.2 Å². The smallest absolute Gasteiger partial charge is 0.744 e. The molecule has 16 N–H and O–H groups in total. The minimum absolute atomic E-state index is 0. The Morgan fingerprint density at radius 3 is 0.696 bits per heavy atom. The van der Waals surface area contributed by atoms with Crippen LogP contribution in [0, 0.1) is 0 Å². The van der Waals surface area contributed by atoms with E-state index in [1.165, 1.54) is 12.1 Å². The number of aliphatic carboxylic acids is 4. The normalized spacial score (nSPS) is 9.07. The first kappa shape index (κ1) is 74.4. The second kappa shape index (κ2) is 48.5. The maximum atomic E-state index is 10.8. The second-order valence-corrected chi connectivity index (χ2v) is 14.2. The largest absolute Gasteiger partial charge is 3.00 e. The molecule has 0 saturated heterocycles. The van der Waals surface area contributed by atoms with Gasteiger partial charge in [0, 0.05) is 99.0 Å². The summed E-state index contributed by atoms with van der Waals surface area (Å²) in [7, 11) is -10.3. The van der Waals surface area contributed by atoms with Crippen molar-refractivity contribution in [2.45, 2.75) is 9.79 Å². The zero-order valence-electron chi connectivity index (χ0n) is 30.6. The van der Waals surface area contributed by atoms with Gasteiger partial charge in [0.1, 0.15) is 20.2 Å². The molecule has 56 heavy (non-hydrogen) atoms. The van der Waals surface area contributed by atoms with Crippen molar-refractivity contribution in [1.82, 2.24) is 0 Å². The van der Waals surface area contributed by atoms with Crippen LogP contribution in [0.2, 0.25) is 0 Å². The van der Waals surface area contributed by atoms with Crippen molar-refractivity contribution in [3.63, 3.8) is 0 Å². The van der Waals surface area contributed by atoms with Crippen LogP contribution in [0.4, 0.5) is 0 Å². The minimum atomic E-state index is -4.56. The summed E-state index contributed by atoms with van der Waals surface area (Å²) >= 11 is 0. The van der Waals surface area contributed by atoms with Gasteiger partial charge >= 0.3 is 33.6 Å². The van der Waals surface area contributed by atoms with E-state index in [4.69, 9.17) is 85.5 Å². The molecular weight excluding hydrogens is 926 g/mol. The van der Waals surface area contributed by atoms with Crippen LogP contribution in [-0.4, -0.2) is 136 Å². The fourth-order valence-electron chi connectivity index (χ4n) is 1.51. The van der Waals surface area contributed by atoms with Gasteiger partial charge in [-0.1, -0.05) is 12.1 Å². The van der Waals surface area contributed by atoms with E-state index < -0.39 is 75.5 Å². The number of hydrogen-bond acceptors (Lipinski definition) is 24. The molecule has 0 heterocycles. The van der Waals surface area contributed by atoms with Gasteiger partial charge in [0.05, 0.1) is 33.7 Å². The third-order valence-electron chi connectivity index (χ3n) is 3.36. The molecule has 0 amide bonds. The summed E-state index contributed by atoms with van der Waals surface area (Å²) in [5.74, 6) is -8.74. The Balaban J connectivity index is -0.0000000702. The van der Waals surface area contributed by atoms with Crippen LogP contribution in [0.25, 0.3) is 10.8 Å². The topological polar surface area (TPSA) is 517 Å². The molecule has 0 fully saturated rings. The van der Waals surface area contributed by atoms with E-state index >= 15 is 0 Å². The predicted octanol–water partition coefficient (Wildman–Crippen LogP) is -10.8. The minimum Gasteiger partial charge on any atom is -0.744 e. The molecule has 332 valence electrons. The Bertz CT molecular complexity index is 1420. The number of fused-ring (bicyclic) bond motifs is 1. The van der Waals surface area contributed by atoms with Crippen molar-refractivity contribution in [3.05, 3.63) is 36.4 Å². The number of nitrogens with two attached hydrogens (primary N) is 8. The summed E-state index contributed by atoms with van der Waals surface area (Å²) in [5.41, 5.74) is 39.2. The van der Waals surface area contributed by atoms with Gasteiger partial charge in [0.15, 0.2) is 0 Å². The Morgan fingerprint density at radius 2 is 0.607 bits per heavy atom. The molecule has 0 unspecified atom stereocenters. The Kier molecular flexibility index (Phi) is 64.5. The van der Waals surface area contributed by atoms with E-state index in [2.05, 4.69) is 0 Å². The molecule has 2 rings (SSSR count). The zero-order valence-corrected chi connectivity index (χ0v) is 35.9. The van der Waals surface area contributed by atoms with E-state index in [1.54, 1.807) is 25.0 Å². The number of carbonyl (C=O) groups is 4. The van der Waals surface area contributed by atoms with Crippen LogP contribution < -0.4 is 66.3 Å². The fourth-order valence-corrected chi connectivity index (χ4v) is 2.52. The number of hydrogen-bond donors (Lipinski definition) is 8. The van der Waals surface area contributed by atoms with Crippen LogP contribution in [0.3, 0.4) is 0 Å². The van der Waals surface area contributed by atoms with E-state index in [1.807, 2.05) is 0 Å². The molecule has 2 aromatic rings. The van der Waals surface area contributed by atoms with Crippen molar-refractivity contribution >= 4 is 76.5 Å². The van der Waals surface area contributed by atoms with Gasteiger partial charge in [-0.15, -0.1) is 0 Å². The first-order chi connectivity index (χ1) is 24.6. The standard InChI is InChI=1S/C10H8O6S2.4C2H8N2.2C2H2O4.2C2H6OS.2Co/c11-17(12,13)9-3-1-7-5-10(18(14,15)16)4-2-8(7)6-9;4*3-1-2-4;2*3-1(4)2(5)6;2*1-4(2)3;;/h1-6H,(H,11,12,13)(H,14,15,16);4*1-4H2;2*(H,3,4)(H,5,6);2*1-2H3;;/q;;;;;;;;;2*+3/p-6. The van der Waals surface area contributed by atoms with Crippen LogP contribution >= 0.6 is 0 Å². The van der Waals surface area contributed by atoms with Crippen LogP contribution in [0.1, 0.15) is 0 Å². The molecule has 0 aliphatic heterocycles. The first-order valence-electron chi connectivity index (χ1n) is 14.0. The predicted molar refractivity (Wildman–Crippen MR) is 192 cm³/mol. The number of carbonyl (C=O) groups excluding carboxylic acids is 4. The Labute approximate surface area is 351 Å². The summed E-state index contributed by atoms with van der Waals surface area (Å²) in [5, 5.41) is 36.4. The number of carboxylic acid groups (broad SMARTS) is 4. The molecule has 0 atom stereocenters. The molecule has 0 spiro atoms. The van der Waals surface area contributed by atoms with Crippen LogP contribution in [-0.2, 0) is 94.6 Å². The number of benzene rings is 2. The van der Waals surface area contributed by atoms with Gasteiger partial charge in [0.25, 0.3) is 0 Å². The quantitative estimate of drug-likeness (QED) is 0.0984. The molecule has 2 aromatic carbocycles. The molecule has 0 aliphatic carbocycles. The molecule has 0 saturated carbocycles. The van der Waals surface area contributed by atoms with Gasteiger partial charge in [-0.25, -0.2) is 16.8 Å². The molecule has 0 aliphatic rings. The average molecular weight is 977 g/mol. The van der Waals surface area contributed by atoms with Crippen molar-refractivity contribution in [2.75, 3.05) is 77.4 Å². The van der Waals surface area contributed by atoms with Crippen LogP contribution in [0.5, 0.6) is 0 Å². The average Bonchev–Trinajstić information content (AvgIpc) is 3.07. The maximum Gasteiger partial charge on any atom is 3.00 e. The van der Waals surface area contributed by atoms with Crippen molar-refractivity contribution in [2.24, 2.45) is 45.9 Å². The SMILES string of the molecule is CS(C)=O.CS(C)=O.NCCN.NCCN.NCCN.NCCN.O=C([O-])C(=O)[O-].O=C([O-])C(=O)[O-].O=S(=O)([O-])c1ccc2cc(S(=O)(=O)[O-])ccc2c1.[Co+3].[Co+3]. The molecule has 0 bridgehead atoms. The number of carboxylic acids is 4. The summed E-state index contributed by atoms with van der Waals surface area (Å²) in [6.45, 7) is 4.78. The Morgan fingerprint density at radius 1 is 0.464 bits per heavy atom. The summed E-state index contributed by atoms with van der Waals surface area (Å²) in [6.07, 6.45) is 6.56. The van der Waals surface area contributed by atoms with E-state index in [0.29, 0.717) is 63.1 Å². The van der Waals surface area contributed by atoms with E-state index in [9.17, 15) is 34.4 Å². The first-order valence-corrected chi connectivity index (χ1v) is 20.7. The van der Waals surface area contributed by atoms with Gasteiger partial charge in [-0.2, -0.15) is 0 Å². The third-order valence-corrected chi connectivity index (χ3v) is 5.02. The van der Waals surface area contributed by atoms with Gasteiger partial charge in [-0.3, -0.25) is 8.42 Å². The maximum absolute atomic E-state index is 10.8. The molecule has 30 heteroatoms. The number of rotatable bonds is 6. The van der Waals surface area contributed by atoms with Crippen molar-refractivity contribution in [3.8, 4) is 0 Å². The van der Waals surface area contributed by atoms with Gasteiger partial charge < -0.3 is 94.6 Å².